The van der Waals surface area contributed by atoms with Crippen LogP contribution in [-0.2, 0) is 22.7 Å². The zero-order valence-electron chi connectivity index (χ0n) is 21.1. The minimum absolute atomic E-state index is 0.000408. The molecule has 1 atom stereocenters. The number of carbonyl (C=O) groups is 1. The van der Waals surface area contributed by atoms with Gasteiger partial charge in [-0.05, 0) is 49.1 Å². The largest absolute Gasteiger partial charge is 0.359 e. The van der Waals surface area contributed by atoms with Gasteiger partial charge in [0.05, 0.1) is 12.3 Å². The van der Waals surface area contributed by atoms with Crippen LogP contribution in [0.4, 0.5) is 15.9 Å². The van der Waals surface area contributed by atoms with Crippen LogP contribution in [0.5, 0.6) is 0 Å². The summed E-state index contributed by atoms with van der Waals surface area (Å²) in [4.78, 5) is 22.7. The van der Waals surface area contributed by atoms with Gasteiger partial charge in [-0.25, -0.2) is 13.9 Å². The number of nitrogens with zero attached hydrogens (tertiary/aromatic N) is 5. The van der Waals surface area contributed by atoms with Crippen molar-refractivity contribution in [3.63, 3.8) is 0 Å². The average Bonchev–Trinajstić information content (AvgIpc) is 3.27. The molecule has 188 valence electrons. The second kappa shape index (κ2) is 11.1. The van der Waals surface area contributed by atoms with Crippen LogP contribution in [0.15, 0.2) is 48.8 Å². The van der Waals surface area contributed by atoms with E-state index in [4.69, 9.17) is 16.4 Å². The third-order valence-electron chi connectivity index (χ3n) is 6.39. The summed E-state index contributed by atoms with van der Waals surface area (Å²) in [6.07, 6.45) is 5.45. The summed E-state index contributed by atoms with van der Waals surface area (Å²) in [6.45, 7) is 15.5. The Labute approximate surface area is 212 Å². The summed E-state index contributed by atoms with van der Waals surface area (Å²) in [5, 5.41) is 4.77. The SMILES string of the molecule is [C-]#[N+]c1ccc(CC2CCCN(c3cc(-c4ccncc4)nn3COCC[Si](C)(C)C)C2=O)cc1F. The molecule has 1 saturated heterocycles. The molecule has 9 heteroatoms. The van der Waals surface area contributed by atoms with Gasteiger partial charge in [-0.15, -0.1) is 0 Å². The van der Waals surface area contributed by atoms with Gasteiger partial charge in [0.15, 0.2) is 0 Å². The summed E-state index contributed by atoms with van der Waals surface area (Å²) in [5.74, 6) is -0.102. The van der Waals surface area contributed by atoms with Gasteiger partial charge >= 0.3 is 0 Å². The first kappa shape index (κ1) is 25.7. The third kappa shape index (κ3) is 6.25. The fourth-order valence-corrected chi connectivity index (χ4v) is 5.09. The van der Waals surface area contributed by atoms with Gasteiger partial charge in [-0.1, -0.05) is 31.8 Å². The van der Waals surface area contributed by atoms with Crippen molar-refractivity contribution >= 4 is 25.5 Å². The topological polar surface area (TPSA) is 64.6 Å². The van der Waals surface area contributed by atoms with E-state index in [1.165, 1.54) is 12.1 Å². The molecule has 0 radical (unpaired) electrons. The molecule has 0 aliphatic carbocycles. The Hall–Kier alpha value is -3.35. The van der Waals surface area contributed by atoms with Gasteiger partial charge in [0.25, 0.3) is 0 Å². The molecule has 7 nitrogen and oxygen atoms in total. The van der Waals surface area contributed by atoms with Crippen LogP contribution in [0.1, 0.15) is 18.4 Å². The van der Waals surface area contributed by atoms with Crippen molar-refractivity contribution < 1.29 is 13.9 Å². The van der Waals surface area contributed by atoms with Crippen molar-refractivity contribution in [1.29, 1.82) is 0 Å². The number of anilines is 1. The second-order valence-electron chi connectivity index (χ2n) is 10.4. The average molecular weight is 506 g/mol. The van der Waals surface area contributed by atoms with E-state index in [0.717, 1.165) is 35.7 Å². The predicted molar refractivity (Wildman–Crippen MR) is 141 cm³/mol. The molecule has 3 heterocycles. The van der Waals surface area contributed by atoms with Crippen molar-refractivity contribution in [2.45, 2.75) is 51.7 Å². The number of ether oxygens (including phenoxy) is 1. The highest BCUT2D eigenvalue weighted by molar-refractivity contribution is 6.76. The predicted octanol–water partition coefficient (Wildman–Crippen LogP) is 5.93. The Morgan fingerprint density at radius 3 is 2.67 bits per heavy atom. The van der Waals surface area contributed by atoms with Crippen molar-refractivity contribution in [2.24, 2.45) is 5.92 Å². The van der Waals surface area contributed by atoms with Crippen LogP contribution in [-0.4, -0.2) is 41.9 Å². The molecule has 1 fully saturated rings. The van der Waals surface area contributed by atoms with Crippen molar-refractivity contribution in [1.82, 2.24) is 14.8 Å². The number of piperidine rings is 1. The highest BCUT2D eigenvalue weighted by Gasteiger charge is 2.32. The summed E-state index contributed by atoms with van der Waals surface area (Å²) in [6, 6.07) is 11.4. The van der Waals surface area contributed by atoms with Gasteiger partial charge in [-0.3, -0.25) is 14.7 Å². The van der Waals surface area contributed by atoms with E-state index in [1.807, 2.05) is 18.2 Å². The van der Waals surface area contributed by atoms with E-state index < -0.39 is 13.9 Å². The molecule has 3 aromatic rings. The highest BCUT2D eigenvalue weighted by atomic mass is 28.3. The molecule has 1 unspecified atom stereocenters. The number of halogens is 1. The van der Waals surface area contributed by atoms with E-state index in [-0.39, 0.29) is 24.2 Å². The van der Waals surface area contributed by atoms with E-state index in [1.54, 1.807) is 28.0 Å². The Morgan fingerprint density at radius 1 is 1.19 bits per heavy atom. The second-order valence-corrected chi connectivity index (χ2v) is 16.0. The van der Waals surface area contributed by atoms with Gasteiger partial charge in [-0.2, -0.15) is 5.10 Å². The Kier molecular flexibility index (Phi) is 7.96. The number of benzene rings is 1. The van der Waals surface area contributed by atoms with Gasteiger partial charge in [0, 0.05) is 51.2 Å². The fourth-order valence-electron chi connectivity index (χ4n) is 4.33. The van der Waals surface area contributed by atoms with Crippen LogP contribution in [0, 0.1) is 18.3 Å². The summed E-state index contributed by atoms with van der Waals surface area (Å²) in [7, 11) is -1.23. The summed E-state index contributed by atoms with van der Waals surface area (Å²) in [5.41, 5.74) is 2.40. The zero-order valence-corrected chi connectivity index (χ0v) is 22.1. The van der Waals surface area contributed by atoms with Crippen molar-refractivity contribution in [3.8, 4) is 11.3 Å². The van der Waals surface area contributed by atoms with Gasteiger partial charge in [0.2, 0.25) is 11.6 Å². The minimum Gasteiger partial charge on any atom is -0.359 e. The molecule has 1 aliphatic rings. The lowest BCUT2D eigenvalue weighted by Crippen LogP contribution is -2.43. The highest BCUT2D eigenvalue weighted by Crippen LogP contribution is 2.31. The maximum absolute atomic E-state index is 14.1. The smallest absolute Gasteiger partial charge is 0.231 e. The van der Waals surface area contributed by atoms with Crippen molar-refractivity contribution in [2.75, 3.05) is 18.1 Å². The minimum atomic E-state index is -1.23. The molecule has 0 spiro atoms. The maximum Gasteiger partial charge on any atom is 0.231 e. The van der Waals surface area contributed by atoms with Crippen LogP contribution < -0.4 is 4.90 Å². The number of hydrogen-bond donors (Lipinski definition) is 0. The molecule has 1 aromatic carbocycles. The van der Waals surface area contributed by atoms with E-state index >= 15 is 0 Å². The number of rotatable bonds is 9. The molecule has 0 bridgehead atoms. The number of aromatic nitrogens is 3. The Morgan fingerprint density at radius 2 is 1.97 bits per heavy atom. The number of pyridine rings is 1. The normalized spacial score (nSPS) is 16.2. The maximum atomic E-state index is 14.1. The van der Waals surface area contributed by atoms with Crippen LogP contribution in [0.2, 0.25) is 25.7 Å². The van der Waals surface area contributed by atoms with Crippen molar-refractivity contribution in [3.05, 3.63) is 71.6 Å². The molecule has 0 N–H and O–H groups in total. The Balaban J connectivity index is 1.56. The summed E-state index contributed by atoms with van der Waals surface area (Å²) < 4.78 is 21.9. The quantitative estimate of drug-likeness (QED) is 0.205. The molecule has 1 aliphatic heterocycles. The summed E-state index contributed by atoms with van der Waals surface area (Å²) >= 11 is 0. The van der Waals surface area contributed by atoms with Crippen LogP contribution >= 0.6 is 0 Å². The lowest BCUT2D eigenvalue weighted by atomic mass is 9.90. The van der Waals surface area contributed by atoms with Gasteiger partial charge in [0.1, 0.15) is 18.4 Å². The third-order valence-corrected chi connectivity index (χ3v) is 8.09. The zero-order chi connectivity index (χ0) is 25.7. The monoisotopic (exact) mass is 505 g/mol. The fraction of sp³-hybridized carbons (Fsp3) is 0.407. The van der Waals surface area contributed by atoms with E-state index in [9.17, 15) is 9.18 Å². The molecule has 0 saturated carbocycles. The van der Waals surface area contributed by atoms with Gasteiger partial charge < -0.3 is 4.74 Å². The first-order valence-corrected chi connectivity index (χ1v) is 16.0. The first-order valence-electron chi connectivity index (χ1n) is 12.3. The van der Waals surface area contributed by atoms with E-state index in [2.05, 4.69) is 29.5 Å². The Bertz CT molecular complexity index is 1250. The number of carbonyl (C=O) groups excluding carboxylic acids is 1. The lowest BCUT2D eigenvalue weighted by molar-refractivity contribution is -0.123. The first-order chi connectivity index (χ1) is 17.2. The number of hydrogen-bond acceptors (Lipinski definition) is 4. The van der Waals surface area contributed by atoms with Crippen LogP contribution in [0.25, 0.3) is 16.1 Å². The molecular weight excluding hydrogens is 473 g/mol. The molecular formula is C27H32FN5O2Si. The molecule has 1 amide bonds. The van der Waals surface area contributed by atoms with Crippen LogP contribution in [0.3, 0.4) is 0 Å². The molecule has 36 heavy (non-hydrogen) atoms. The van der Waals surface area contributed by atoms with E-state index in [0.29, 0.717) is 25.4 Å². The molecule has 2 aromatic heterocycles. The lowest BCUT2D eigenvalue weighted by Gasteiger charge is -2.32. The standard InChI is InChI=1S/C27H32FN5O2Si/c1-29-24-8-7-20(17-23(24)28)16-22-6-5-13-32(27(22)34)26-18-25(21-9-11-30-12-10-21)31-33(26)19-35-14-15-36(2,3)4/h7-12,17-18,22H,5-6,13-16,19H2,2-4H3. The molecule has 4 rings (SSSR count). The number of amides is 1.